The number of hydrogen-bond acceptors (Lipinski definition) is 2. The number of piperazine rings is 1. The molecular formula is C14H20N2. The van der Waals surface area contributed by atoms with Crippen LogP contribution in [0.5, 0.6) is 0 Å². The normalized spacial score (nSPS) is 26.9. The topological polar surface area (TPSA) is 6.48 Å². The molecule has 1 aromatic carbocycles. The van der Waals surface area contributed by atoms with E-state index in [1.807, 2.05) is 0 Å². The molecule has 16 heavy (non-hydrogen) atoms. The van der Waals surface area contributed by atoms with Crippen LogP contribution in [0.2, 0.25) is 0 Å². The van der Waals surface area contributed by atoms with E-state index in [1.165, 1.54) is 39.0 Å². The fourth-order valence-corrected chi connectivity index (χ4v) is 3.05. The molecule has 2 nitrogen and oxygen atoms in total. The Balaban J connectivity index is 1.77. The van der Waals surface area contributed by atoms with E-state index < -0.39 is 0 Å². The van der Waals surface area contributed by atoms with Gasteiger partial charge in [-0.05, 0) is 31.0 Å². The van der Waals surface area contributed by atoms with Gasteiger partial charge in [-0.2, -0.15) is 0 Å². The summed E-state index contributed by atoms with van der Waals surface area (Å²) in [6.45, 7) is 4.91. The Hall–Kier alpha value is -0.860. The fourth-order valence-electron chi connectivity index (χ4n) is 3.05. The quantitative estimate of drug-likeness (QED) is 0.707. The number of nitrogens with zero attached hydrogens (tertiary/aromatic N) is 2. The Morgan fingerprint density at radius 2 is 1.81 bits per heavy atom. The third-order valence-corrected chi connectivity index (χ3v) is 4.08. The molecule has 0 aromatic heterocycles. The average Bonchev–Trinajstić information content (AvgIpc) is 2.74. The second-order valence-electron chi connectivity index (χ2n) is 5.09. The molecule has 3 rings (SSSR count). The minimum absolute atomic E-state index is 0.699. The lowest BCUT2D eigenvalue weighted by molar-refractivity contribution is 0.111. The van der Waals surface area contributed by atoms with Crippen molar-refractivity contribution >= 4 is 0 Å². The van der Waals surface area contributed by atoms with Crippen LogP contribution in [-0.2, 0) is 6.42 Å². The van der Waals surface area contributed by atoms with Gasteiger partial charge in [-0.15, -0.1) is 0 Å². The average molecular weight is 216 g/mol. The maximum absolute atomic E-state index is 2.67. The van der Waals surface area contributed by atoms with Crippen molar-refractivity contribution in [3.05, 3.63) is 35.4 Å². The maximum atomic E-state index is 2.67. The van der Waals surface area contributed by atoms with Gasteiger partial charge in [0.05, 0.1) is 0 Å². The molecule has 0 radical (unpaired) electrons. The number of likely N-dealkylation sites (N-methyl/N-ethyl adjacent to an activating group) is 1. The van der Waals surface area contributed by atoms with E-state index in [4.69, 9.17) is 0 Å². The molecule has 0 N–H and O–H groups in total. The molecule has 0 amide bonds. The molecule has 0 bridgehead atoms. The van der Waals surface area contributed by atoms with Crippen LogP contribution < -0.4 is 0 Å². The van der Waals surface area contributed by atoms with Gasteiger partial charge < -0.3 is 4.90 Å². The highest BCUT2D eigenvalue weighted by Crippen LogP contribution is 2.35. The molecule has 1 saturated heterocycles. The zero-order valence-corrected chi connectivity index (χ0v) is 10.0. The first-order valence-electron chi connectivity index (χ1n) is 6.35. The van der Waals surface area contributed by atoms with E-state index in [1.54, 1.807) is 11.1 Å². The molecule has 1 atom stereocenters. The van der Waals surface area contributed by atoms with Gasteiger partial charge in [-0.25, -0.2) is 0 Å². The van der Waals surface area contributed by atoms with E-state index in [0.29, 0.717) is 6.04 Å². The van der Waals surface area contributed by atoms with E-state index in [2.05, 4.69) is 41.1 Å². The summed E-state index contributed by atoms with van der Waals surface area (Å²) in [6, 6.07) is 9.68. The minimum Gasteiger partial charge on any atom is -0.304 e. The fraction of sp³-hybridized carbons (Fsp3) is 0.571. The number of benzene rings is 1. The summed E-state index contributed by atoms with van der Waals surface area (Å²) < 4.78 is 0. The molecule has 0 saturated carbocycles. The lowest BCUT2D eigenvalue weighted by atomic mass is 10.1. The SMILES string of the molecule is CN1CCN([C@H]2CCc3ccccc32)CC1. The first kappa shape index (κ1) is 10.3. The van der Waals surface area contributed by atoms with E-state index in [-0.39, 0.29) is 0 Å². The number of aryl methyl sites for hydroxylation is 1. The van der Waals surface area contributed by atoms with Gasteiger partial charge in [-0.1, -0.05) is 24.3 Å². The number of fused-ring (bicyclic) bond motifs is 1. The van der Waals surface area contributed by atoms with Gasteiger partial charge >= 0.3 is 0 Å². The molecule has 1 aromatic rings. The summed E-state index contributed by atoms with van der Waals surface area (Å²) in [5, 5.41) is 0. The van der Waals surface area contributed by atoms with Crippen LogP contribution in [0, 0.1) is 0 Å². The molecule has 1 fully saturated rings. The molecule has 0 unspecified atom stereocenters. The Morgan fingerprint density at radius 1 is 1.06 bits per heavy atom. The van der Waals surface area contributed by atoms with Crippen molar-refractivity contribution in [2.75, 3.05) is 33.2 Å². The minimum atomic E-state index is 0.699. The van der Waals surface area contributed by atoms with Gasteiger partial charge in [0, 0.05) is 32.2 Å². The maximum Gasteiger partial charge on any atom is 0.0355 e. The molecule has 86 valence electrons. The smallest absolute Gasteiger partial charge is 0.0355 e. The first-order valence-corrected chi connectivity index (χ1v) is 6.35. The molecule has 1 aliphatic heterocycles. The van der Waals surface area contributed by atoms with Crippen molar-refractivity contribution in [2.45, 2.75) is 18.9 Å². The zero-order chi connectivity index (χ0) is 11.0. The van der Waals surface area contributed by atoms with Crippen LogP contribution in [-0.4, -0.2) is 43.0 Å². The number of hydrogen-bond donors (Lipinski definition) is 0. The summed E-state index contributed by atoms with van der Waals surface area (Å²) >= 11 is 0. The Morgan fingerprint density at radius 3 is 2.62 bits per heavy atom. The lowest BCUT2D eigenvalue weighted by Crippen LogP contribution is -2.45. The van der Waals surface area contributed by atoms with Crippen LogP contribution in [0.4, 0.5) is 0 Å². The summed E-state index contributed by atoms with van der Waals surface area (Å²) in [6.07, 6.45) is 2.59. The van der Waals surface area contributed by atoms with Gasteiger partial charge in [0.15, 0.2) is 0 Å². The van der Waals surface area contributed by atoms with E-state index in [0.717, 1.165) is 0 Å². The van der Waals surface area contributed by atoms with Crippen LogP contribution in [0.25, 0.3) is 0 Å². The second-order valence-corrected chi connectivity index (χ2v) is 5.09. The van der Waals surface area contributed by atoms with Gasteiger partial charge in [-0.3, -0.25) is 4.90 Å². The Kier molecular flexibility index (Phi) is 2.70. The highest BCUT2D eigenvalue weighted by atomic mass is 15.3. The van der Waals surface area contributed by atoms with Crippen molar-refractivity contribution < 1.29 is 0 Å². The van der Waals surface area contributed by atoms with E-state index in [9.17, 15) is 0 Å². The molecular weight excluding hydrogens is 196 g/mol. The van der Waals surface area contributed by atoms with Crippen LogP contribution in [0.15, 0.2) is 24.3 Å². The summed E-state index contributed by atoms with van der Waals surface area (Å²) in [4.78, 5) is 5.10. The number of rotatable bonds is 1. The third-order valence-electron chi connectivity index (χ3n) is 4.08. The van der Waals surface area contributed by atoms with Gasteiger partial charge in [0.1, 0.15) is 0 Å². The predicted octanol–water partition coefficient (Wildman–Crippen LogP) is 1.92. The predicted molar refractivity (Wildman–Crippen MR) is 66.6 cm³/mol. The summed E-state index contributed by atoms with van der Waals surface area (Å²) in [7, 11) is 2.22. The van der Waals surface area contributed by atoms with Crippen LogP contribution in [0.1, 0.15) is 23.6 Å². The molecule has 2 aliphatic rings. The van der Waals surface area contributed by atoms with Crippen LogP contribution >= 0.6 is 0 Å². The first-order chi connectivity index (χ1) is 7.84. The van der Waals surface area contributed by atoms with Gasteiger partial charge in [0.2, 0.25) is 0 Å². The van der Waals surface area contributed by atoms with E-state index >= 15 is 0 Å². The van der Waals surface area contributed by atoms with Crippen molar-refractivity contribution in [2.24, 2.45) is 0 Å². The third kappa shape index (κ3) is 1.76. The molecule has 1 heterocycles. The largest absolute Gasteiger partial charge is 0.304 e. The Labute approximate surface area is 97.9 Å². The lowest BCUT2D eigenvalue weighted by Gasteiger charge is -2.36. The highest BCUT2D eigenvalue weighted by Gasteiger charge is 2.28. The second kappa shape index (κ2) is 4.19. The monoisotopic (exact) mass is 216 g/mol. The van der Waals surface area contributed by atoms with Crippen LogP contribution in [0.3, 0.4) is 0 Å². The molecule has 0 spiro atoms. The molecule has 1 aliphatic carbocycles. The summed E-state index contributed by atoms with van der Waals surface area (Å²) in [5.41, 5.74) is 3.17. The van der Waals surface area contributed by atoms with Crippen molar-refractivity contribution in [1.29, 1.82) is 0 Å². The van der Waals surface area contributed by atoms with Crippen molar-refractivity contribution in [1.82, 2.24) is 9.80 Å². The van der Waals surface area contributed by atoms with Crippen molar-refractivity contribution in [3.63, 3.8) is 0 Å². The zero-order valence-electron chi connectivity index (χ0n) is 10.0. The van der Waals surface area contributed by atoms with Crippen molar-refractivity contribution in [3.8, 4) is 0 Å². The Bertz CT molecular complexity index is 367. The standard InChI is InChI=1S/C14H20N2/c1-15-8-10-16(11-9-15)14-7-6-12-4-2-3-5-13(12)14/h2-5,14H,6-11H2,1H3/t14-/m0/s1. The summed E-state index contributed by atoms with van der Waals surface area (Å²) in [5.74, 6) is 0. The van der Waals surface area contributed by atoms with Gasteiger partial charge in [0.25, 0.3) is 0 Å². The highest BCUT2D eigenvalue weighted by molar-refractivity contribution is 5.34. The molecule has 2 heteroatoms.